The molecule has 0 aliphatic heterocycles. The lowest BCUT2D eigenvalue weighted by Crippen LogP contribution is -2.35. The minimum absolute atomic E-state index is 0.112. The van der Waals surface area contributed by atoms with Gasteiger partial charge < -0.3 is 5.32 Å². The Hall–Kier alpha value is -1.13. The van der Waals surface area contributed by atoms with Crippen molar-refractivity contribution < 1.29 is 0 Å². The molecule has 0 spiro atoms. The average molecular weight is 308 g/mol. The van der Waals surface area contributed by atoms with E-state index in [4.69, 9.17) is 0 Å². The highest BCUT2D eigenvalue weighted by Gasteiger charge is 2.09. The predicted octanol–water partition coefficient (Wildman–Crippen LogP) is 3.52. The third kappa shape index (κ3) is 3.68. The Kier molecular flexibility index (Phi) is 3.88. The van der Waals surface area contributed by atoms with E-state index in [-0.39, 0.29) is 5.54 Å². The third-order valence-corrected chi connectivity index (χ3v) is 3.06. The molecular weight excluding hydrogens is 290 g/mol. The van der Waals surface area contributed by atoms with Crippen LogP contribution in [-0.2, 0) is 6.54 Å². The van der Waals surface area contributed by atoms with E-state index in [1.165, 1.54) is 0 Å². The second-order valence-corrected chi connectivity index (χ2v) is 6.25. The first-order chi connectivity index (χ1) is 8.44. The number of aromatic nitrogens is 2. The minimum atomic E-state index is 0.112. The summed E-state index contributed by atoms with van der Waals surface area (Å²) < 4.78 is 2.97. The lowest BCUT2D eigenvalue weighted by Gasteiger charge is -2.19. The van der Waals surface area contributed by atoms with Crippen molar-refractivity contribution in [3.05, 3.63) is 46.7 Å². The molecule has 0 aliphatic carbocycles. The van der Waals surface area contributed by atoms with Crippen molar-refractivity contribution in [1.29, 1.82) is 0 Å². The number of rotatable bonds is 3. The quantitative estimate of drug-likeness (QED) is 0.940. The molecule has 1 aromatic carbocycles. The van der Waals surface area contributed by atoms with Gasteiger partial charge in [0.25, 0.3) is 0 Å². The largest absolute Gasteiger partial charge is 0.306 e. The highest BCUT2D eigenvalue weighted by molar-refractivity contribution is 9.10. The van der Waals surface area contributed by atoms with Crippen molar-refractivity contribution in [2.45, 2.75) is 32.9 Å². The normalized spacial score (nSPS) is 11.8. The summed E-state index contributed by atoms with van der Waals surface area (Å²) in [7, 11) is 0. The monoisotopic (exact) mass is 307 g/mol. The van der Waals surface area contributed by atoms with Gasteiger partial charge >= 0.3 is 0 Å². The first-order valence-corrected chi connectivity index (χ1v) is 6.79. The predicted molar refractivity (Wildman–Crippen MR) is 77.9 cm³/mol. The SMILES string of the molecule is CC(C)(C)NCc1ccn(-c2ccc(Br)cc2)n1. The maximum atomic E-state index is 4.55. The summed E-state index contributed by atoms with van der Waals surface area (Å²) in [5, 5.41) is 7.98. The maximum absolute atomic E-state index is 4.55. The van der Waals surface area contributed by atoms with Crippen molar-refractivity contribution in [2.75, 3.05) is 0 Å². The molecule has 0 atom stereocenters. The number of nitrogens with zero attached hydrogens (tertiary/aromatic N) is 2. The van der Waals surface area contributed by atoms with E-state index in [9.17, 15) is 0 Å². The van der Waals surface area contributed by atoms with E-state index in [0.29, 0.717) is 0 Å². The highest BCUT2D eigenvalue weighted by Crippen LogP contribution is 2.14. The number of benzene rings is 1. The maximum Gasteiger partial charge on any atom is 0.0767 e. The lowest BCUT2D eigenvalue weighted by molar-refractivity contribution is 0.420. The van der Waals surface area contributed by atoms with Crippen molar-refractivity contribution in [2.24, 2.45) is 0 Å². The van der Waals surface area contributed by atoms with Crippen LogP contribution in [0.15, 0.2) is 41.0 Å². The second kappa shape index (κ2) is 5.24. The summed E-state index contributed by atoms with van der Waals surface area (Å²) in [5.74, 6) is 0. The van der Waals surface area contributed by atoms with Crippen LogP contribution >= 0.6 is 15.9 Å². The van der Waals surface area contributed by atoms with Gasteiger partial charge in [-0.05, 0) is 51.1 Å². The molecular formula is C14H18BrN3. The summed E-state index contributed by atoms with van der Waals surface area (Å²) in [6.07, 6.45) is 1.99. The molecule has 0 unspecified atom stereocenters. The topological polar surface area (TPSA) is 29.9 Å². The van der Waals surface area contributed by atoms with Crippen LogP contribution in [0.2, 0.25) is 0 Å². The van der Waals surface area contributed by atoms with Gasteiger partial charge in [0, 0.05) is 22.8 Å². The molecule has 0 radical (unpaired) electrons. The average Bonchev–Trinajstić information content (AvgIpc) is 2.75. The van der Waals surface area contributed by atoms with E-state index >= 15 is 0 Å². The minimum Gasteiger partial charge on any atom is -0.306 e. The fourth-order valence-corrected chi connectivity index (χ4v) is 1.81. The molecule has 3 nitrogen and oxygen atoms in total. The van der Waals surface area contributed by atoms with Crippen LogP contribution in [-0.4, -0.2) is 15.3 Å². The Morgan fingerprint density at radius 1 is 1.17 bits per heavy atom. The van der Waals surface area contributed by atoms with Crippen LogP contribution in [0.1, 0.15) is 26.5 Å². The zero-order valence-corrected chi connectivity index (χ0v) is 12.5. The lowest BCUT2D eigenvalue weighted by atomic mass is 10.1. The van der Waals surface area contributed by atoms with E-state index in [2.05, 4.69) is 47.1 Å². The van der Waals surface area contributed by atoms with Gasteiger partial charge in [-0.1, -0.05) is 15.9 Å². The Balaban J connectivity index is 2.08. The molecule has 0 aliphatic rings. The molecule has 18 heavy (non-hydrogen) atoms. The van der Waals surface area contributed by atoms with Crippen molar-refractivity contribution in [3.8, 4) is 5.69 Å². The van der Waals surface area contributed by atoms with Gasteiger partial charge in [-0.3, -0.25) is 0 Å². The first-order valence-electron chi connectivity index (χ1n) is 5.99. The van der Waals surface area contributed by atoms with E-state index < -0.39 is 0 Å². The van der Waals surface area contributed by atoms with Gasteiger partial charge in [-0.2, -0.15) is 5.10 Å². The zero-order chi connectivity index (χ0) is 13.2. The first kappa shape index (κ1) is 13.3. The summed E-state index contributed by atoms with van der Waals surface area (Å²) >= 11 is 3.43. The van der Waals surface area contributed by atoms with Crippen LogP contribution in [0.4, 0.5) is 0 Å². The fraction of sp³-hybridized carbons (Fsp3) is 0.357. The third-order valence-electron chi connectivity index (χ3n) is 2.54. The van der Waals surface area contributed by atoms with Crippen LogP contribution in [0.25, 0.3) is 5.69 Å². The molecule has 0 fully saturated rings. The summed E-state index contributed by atoms with van der Waals surface area (Å²) in [6, 6.07) is 10.2. The number of nitrogens with one attached hydrogen (secondary N) is 1. The number of hydrogen-bond donors (Lipinski definition) is 1. The van der Waals surface area contributed by atoms with Gasteiger partial charge in [0.15, 0.2) is 0 Å². The smallest absolute Gasteiger partial charge is 0.0767 e. The van der Waals surface area contributed by atoms with E-state index in [0.717, 1.165) is 22.4 Å². The fourth-order valence-electron chi connectivity index (χ4n) is 1.55. The zero-order valence-electron chi connectivity index (χ0n) is 10.9. The van der Waals surface area contributed by atoms with Gasteiger partial charge in [0.2, 0.25) is 0 Å². The van der Waals surface area contributed by atoms with Crippen molar-refractivity contribution in [1.82, 2.24) is 15.1 Å². The van der Waals surface area contributed by atoms with E-state index in [1.807, 2.05) is 41.2 Å². The molecule has 0 bridgehead atoms. The number of hydrogen-bond acceptors (Lipinski definition) is 2. The van der Waals surface area contributed by atoms with Crippen LogP contribution in [0.3, 0.4) is 0 Å². The summed E-state index contributed by atoms with van der Waals surface area (Å²) in [6.45, 7) is 7.24. The van der Waals surface area contributed by atoms with Crippen LogP contribution < -0.4 is 5.32 Å². The highest BCUT2D eigenvalue weighted by atomic mass is 79.9. The number of halogens is 1. The molecule has 2 aromatic rings. The Morgan fingerprint density at radius 2 is 1.83 bits per heavy atom. The molecule has 4 heteroatoms. The van der Waals surface area contributed by atoms with Gasteiger partial charge in [0.05, 0.1) is 11.4 Å². The van der Waals surface area contributed by atoms with Gasteiger partial charge in [0.1, 0.15) is 0 Å². The Morgan fingerprint density at radius 3 is 2.44 bits per heavy atom. The molecule has 0 saturated heterocycles. The summed E-state index contributed by atoms with van der Waals surface area (Å²) in [5.41, 5.74) is 2.23. The molecule has 0 amide bonds. The second-order valence-electron chi connectivity index (χ2n) is 5.33. The van der Waals surface area contributed by atoms with Crippen molar-refractivity contribution >= 4 is 15.9 Å². The van der Waals surface area contributed by atoms with Gasteiger partial charge in [-0.15, -0.1) is 0 Å². The molecule has 1 aromatic heterocycles. The Labute approximate surface area is 116 Å². The van der Waals surface area contributed by atoms with Crippen molar-refractivity contribution in [3.63, 3.8) is 0 Å². The van der Waals surface area contributed by atoms with Crippen LogP contribution in [0, 0.1) is 0 Å². The molecule has 2 rings (SSSR count). The molecule has 1 heterocycles. The van der Waals surface area contributed by atoms with E-state index in [1.54, 1.807) is 0 Å². The Bertz CT molecular complexity index is 509. The molecule has 0 saturated carbocycles. The summed E-state index contributed by atoms with van der Waals surface area (Å²) in [4.78, 5) is 0. The van der Waals surface area contributed by atoms with Gasteiger partial charge in [-0.25, -0.2) is 4.68 Å². The standard InChI is InChI=1S/C14H18BrN3/c1-14(2,3)16-10-12-8-9-18(17-12)13-6-4-11(15)5-7-13/h4-9,16H,10H2,1-3H3. The molecule has 1 N–H and O–H groups in total. The molecule has 96 valence electrons. The van der Waals surface area contributed by atoms with Crippen LogP contribution in [0.5, 0.6) is 0 Å².